The predicted molar refractivity (Wildman–Crippen MR) is 88.1 cm³/mol. The van der Waals surface area contributed by atoms with Gasteiger partial charge in [0.2, 0.25) is 5.91 Å². The first-order valence-electron chi connectivity index (χ1n) is 7.68. The fraction of sp³-hybridized carbons (Fsp3) is 0.250. The first-order valence-corrected chi connectivity index (χ1v) is 7.68. The molecule has 9 heteroatoms. The number of halogens is 1. The van der Waals surface area contributed by atoms with Crippen LogP contribution in [0.2, 0.25) is 0 Å². The number of rotatable bonds is 5. The van der Waals surface area contributed by atoms with E-state index in [2.05, 4.69) is 20.6 Å². The molecule has 2 aromatic rings. The van der Waals surface area contributed by atoms with E-state index in [1.165, 1.54) is 12.3 Å². The number of nitrogens with zero attached hydrogens (tertiary/aromatic N) is 3. The molecule has 1 aromatic carbocycles. The molecule has 0 fully saturated rings. The van der Waals surface area contributed by atoms with Crippen molar-refractivity contribution in [2.24, 2.45) is 5.10 Å². The van der Waals surface area contributed by atoms with Crippen LogP contribution in [-0.4, -0.2) is 51.0 Å². The van der Waals surface area contributed by atoms with E-state index >= 15 is 0 Å². The summed E-state index contributed by atoms with van der Waals surface area (Å²) in [5.74, 6) is -1.20. The van der Waals surface area contributed by atoms with Crippen molar-refractivity contribution in [3.63, 3.8) is 0 Å². The van der Waals surface area contributed by atoms with Crippen molar-refractivity contribution in [2.75, 3.05) is 18.5 Å². The lowest BCUT2D eigenvalue weighted by molar-refractivity contribution is -0.132. The van der Waals surface area contributed by atoms with Gasteiger partial charge in [0.1, 0.15) is 11.5 Å². The van der Waals surface area contributed by atoms with E-state index in [1.54, 1.807) is 18.2 Å². The van der Waals surface area contributed by atoms with Gasteiger partial charge in [-0.2, -0.15) is 10.2 Å². The number of hydrogen-bond donors (Lipinski definition) is 3. The summed E-state index contributed by atoms with van der Waals surface area (Å²) in [5.41, 5.74) is 1.08. The number of H-pyrrole nitrogens is 1. The number of β-amino-alcohol motifs (C(OH)–C–C–N with tert-alkyl or cyclic N) is 1. The van der Waals surface area contributed by atoms with E-state index in [4.69, 9.17) is 5.11 Å². The fourth-order valence-corrected chi connectivity index (χ4v) is 2.48. The topological polar surface area (TPSA) is 111 Å². The molecule has 0 saturated heterocycles. The molecular formula is C16H16FN5O3. The van der Waals surface area contributed by atoms with Gasteiger partial charge in [-0.25, -0.2) is 9.40 Å². The van der Waals surface area contributed by atoms with Gasteiger partial charge in [-0.3, -0.25) is 14.7 Å². The predicted octanol–water partition coefficient (Wildman–Crippen LogP) is 1.12. The van der Waals surface area contributed by atoms with Crippen molar-refractivity contribution in [2.45, 2.75) is 12.8 Å². The molecule has 1 aromatic heterocycles. The van der Waals surface area contributed by atoms with Crippen LogP contribution >= 0.6 is 0 Å². The Morgan fingerprint density at radius 2 is 2.16 bits per heavy atom. The van der Waals surface area contributed by atoms with Crippen LogP contribution in [0, 0.1) is 5.82 Å². The van der Waals surface area contributed by atoms with Crippen molar-refractivity contribution in [3.8, 4) is 11.3 Å². The average molecular weight is 345 g/mol. The van der Waals surface area contributed by atoms with E-state index in [1.807, 2.05) is 0 Å². The average Bonchev–Trinajstić information content (AvgIpc) is 3.05. The third-order valence-corrected chi connectivity index (χ3v) is 3.71. The molecule has 0 aliphatic carbocycles. The van der Waals surface area contributed by atoms with Gasteiger partial charge in [-0.15, -0.1) is 0 Å². The molecule has 1 aliphatic heterocycles. The molecule has 25 heavy (non-hydrogen) atoms. The molecule has 0 saturated carbocycles. The number of hydrogen-bond acceptors (Lipinski definition) is 5. The van der Waals surface area contributed by atoms with Gasteiger partial charge in [0.25, 0.3) is 5.91 Å². The fourth-order valence-electron chi connectivity index (χ4n) is 2.48. The molecular weight excluding hydrogens is 329 g/mol. The summed E-state index contributed by atoms with van der Waals surface area (Å²) in [6.45, 7) is -0.217. The van der Waals surface area contributed by atoms with Gasteiger partial charge in [0, 0.05) is 18.4 Å². The molecule has 2 heterocycles. The zero-order valence-corrected chi connectivity index (χ0v) is 13.2. The highest BCUT2D eigenvalue weighted by Gasteiger charge is 2.25. The SMILES string of the molecule is O=C(Nc1cn[nH]c1-c1ccccc1F)C1=NN(CCO)C(=O)CC1. The molecule has 3 rings (SSSR count). The van der Waals surface area contributed by atoms with E-state index < -0.39 is 11.7 Å². The highest BCUT2D eigenvalue weighted by Crippen LogP contribution is 2.27. The highest BCUT2D eigenvalue weighted by molar-refractivity contribution is 6.43. The number of aliphatic hydroxyl groups is 1. The number of aliphatic hydroxyl groups excluding tert-OH is 1. The first-order chi connectivity index (χ1) is 12.1. The van der Waals surface area contributed by atoms with Crippen LogP contribution in [0.4, 0.5) is 10.1 Å². The maximum atomic E-state index is 14.0. The molecule has 8 nitrogen and oxygen atoms in total. The summed E-state index contributed by atoms with van der Waals surface area (Å²) in [4.78, 5) is 24.1. The van der Waals surface area contributed by atoms with Crippen LogP contribution in [0.1, 0.15) is 12.8 Å². The largest absolute Gasteiger partial charge is 0.394 e. The zero-order valence-electron chi connectivity index (χ0n) is 13.2. The molecule has 0 radical (unpaired) electrons. The van der Waals surface area contributed by atoms with E-state index in [0.29, 0.717) is 11.4 Å². The Hall–Kier alpha value is -3.07. The van der Waals surface area contributed by atoms with Crippen LogP contribution < -0.4 is 5.32 Å². The number of aromatic amines is 1. The Kier molecular flexibility index (Phi) is 4.85. The maximum Gasteiger partial charge on any atom is 0.271 e. The Morgan fingerprint density at radius 1 is 1.36 bits per heavy atom. The number of anilines is 1. The highest BCUT2D eigenvalue weighted by atomic mass is 19.1. The van der Waals surface area contributed by atoms with E-state index in [-0.39, 0.29) is 43.2 Å². The summed E-state index contributed by atoms with van der Waals surface area (Å²) in [7, 11) is 0. The molecule has 0 bridgehead atoms. The van der Waals surface area contributed by atoms with Gasteiger partial charge in [-0.05, 0) is 12.1 Å². The van der Waals surface area contributed by atoms with E-state index in [9.17, 15) is 14.0 Å². The first kappa shape index (κ1) is 16.8. The molecule has 1 aliphatic rings. The zero-order chi connectivity index (χ0) is 17.8. The molecule has 2 amide bonds. The van der Waals surface area contributed by atoms with Crippen molar-refractivity contribution >= 4 is 23.2 Å². The van der Waals surface area contributed by atoms with Gasteiger partial charge < -0.3 is 10.4 Å². The Bertz CT molecular complexity index is 833. The molecule has 130 valence electrons. The molecule has 3 N–H and O–H groups in total. The number of aromatic nitrogens is 2. The van der Waals surface area contributed by atoms with Gasteiger partial charge in [0.15, 0.2) is 0 Å². The van der Waals surface area contributed by atoms with Crippen LogP contribution in [0.5, 0.6) is 0 Å². The second kappa shape index (κ2) is 7.22. The molecule has 0 atom stereocenters. The second-order valence-electron chi connectivity index (χ2n) is 5.38. The Morgan fingerprint density at radius 3 is 2.92 bits per heavy atom. The van der Waals surface area contributed by atoms with Crippen LogP contribution in [-0.2, 0) is 9.59 Å². The quantitative estimate of drug-likeness (QED) is 0.754. The van der Waals surface area contributed by atoms with E-state index in [0.717, 1.165) is 5.01 Å². The second-order valence-corrected chi connectivity index (χ2v) is 5.38. The smallest absolute Gasteiger partial charge is 0.271 e. The van der Waals surface area contributed by atoms with Gasteiger partial charge >= 0.3 is 0 Å². The Balaban J connectivity index is 1.81. The van der Waals surface area contributed by atoms with Crippen molar-refractivity contribution in [3.05, 3.63) is 36.3 Å². The summed E-state index contributed by atoms with van der Waals surface area (Å²) in [5, 5.41) is 23.1. The summed E-state index contributed by atoms with van der Waals surface area (Å²) in [6.07, 6.45) is 1.71. The van der Waals surface area contributed by atoms with Crippen LogP contribution in [0.3, 0.4) is 0 Å². The third-order valence-electron chi connectivity index (χ3n) is 3.71. The van der Waals surface area contributed by atoms with Crippen molar-refractivity contribution in [1.29, 1.82) is 0 Å². The normalized spacial score (nSPS) is 14.4. The summed E-state index contributed by atoms with van der Waals surface area (Å²) >= 11 is 0. The number of nitrogens with one attached hydrogen (secondary N) is 2. The summed E-state index contributed by atoms with van der Waals surface area (Å²) < 4.78 is 14.0. The number of carbonyl (C=O) groups is 2. The van der Waals surface area contributed by atoms with Gasteiger partial charge in [0.05, 0.1) is 30.7 Å². The van der Waals surface area contributed by atoms with Gasteiger partial charge in [-0.1, -0.05) is 12.1 Å². The lowest BCUT2D eigenvalue weighted by atomic mass is 10.1. The van der Waals surface area contributed by atoms with Crippen LogP contribution in [0.25, 0.3) is 11.3 Å². The minimum Gasteiger partial charge on any atom is -0.394 e. The minimum atomic E-state index is -0.505. The third kappa shape index (κ3) is 3.56. The lowest BCUT2D eigenvalue weighted by Gasteiger charge is -2.22. The summed E-state index contributed by atoms with van der Waals surface area (Å²) in [6, 6.07) is 6.12. The number of benzene rings is 1. The standard InChI is InChI=1S/C16H16FN5O3/c17-11-4-2-1-3-10(11)15-13(9-18-20-15)19-16(25)12-5-6-14(24)22(21-12)7-8-23/h1-4,9,23H,5-8H2,(H,18,20)(H,19,25). The lowest BCUT2D eigenvalue weighted by Crippen LogP contribution is -2.37. The van der Waals surface area contributed by atoms with Crippen LogP contribution in [0.15, 0.2) is 35.6 Å². The number of hydrazone groups is 1. The maximum absolute atomic E-state index is 14.0. The van der Waals surface area contributed by atoms with Crippen molar-refractivity contribution < 1.29 is 19.1 Å². The number of carbonyl (C=O) groups excluding carboxylic acids is 2. The van der Waals surface area contributed by atoms with Crippen molar-refractivity contribution in [1.82, 2.24) is 15.2 Å². The molecule has 0 spiro atoms. The minimum absolute atomic E-state index is 0.0296. The Labute approximate surface area is 142 Å². The monoisotopic (exact) mass is 345 g/mol. The molecule has 0 unspecified atom stereocenters. The number of amides is 2.